The number of nitrogens with one attached hydrogen (secondary N) is 1. The van der Waals surface area contributed by atoms with Crippen LogP contribution in [-0.4, -0.2) is 23.9 Å². The Hall–Kier alpha value is -2.89. The molecule has 1 amide bonds. The topological polar surface area (TPSA) is 75.5 Å². The van der Waals surface area contributed by atoms with Gasteiger partial charge in [0.15, 0.2) is 0 Å². The van der Waals surface area contributed by atoms with E-state index in [0.717, 1.165) is 18.8 Å². The molecule has 0 radical (unpaired) electrons. The second-order valence-corrected chi connectivity index (χ2v) is 4.98. The Balaban J connectivity index is 2.06. The van der Waals surface area contributed by atoms with Crippen LogP contribution in [-0.2, 0) is 0 Å². The third-order valence-corrected chi connectivity index (χ3v) is 3.59. The van der Waals surface area contributed by atoms with Gasteiger partial charge in [-0.15, -0.1) is 0 Å². The maximum Gasteiger partial charge on any atom is 0.269 e. The van der Waals surface area contributed by atoms with Gasteiger partial charge in [0.2, 0.25) is 0 Å². The Morgan fingerprint density at radius 1 is 1.04 bits per heavy atom. The van der Waals surface area contributed by atoms with Crippen molar-refractivity contribution in [3.63, 3.8) is 0 Å². The number of nitrogens with zero attached hydrogens (tertiary/aromatic N) is 2. The predicted octanol–water partition coefficient (Wildman–Crippen LogP) is 3.69. The van der Waals surface area contributed by atoms with Gasteiger partial charge in [-0.05, 0) is 50.2 Å². The Labute approximate surface area is 134 Å². The van der Waals surface area contributed by atoms with Crippen LogP contribution in [0.15, 0.2) is 48.5 Å². The molecule has 0 atom stereocenters. The fourth-order valence-electron chi connectivity index (χ4n) is 2.28. The van der Waals surface area contributed by atoms with Crippen molar-refractivity contribution >= 4 is 23.0 Å². The highest BCUT2D eigenvalue weighted by atomic mass is 16.6. The summed E-state index contributed by atoms with van der Waals surface area (Å²) in [6.07, 6.45) is 0. The maximum absolute atomic E-state index is 12.1. The zero-order chi connectivity index (χ0) is 16.8. The molecule has 0 spiro atoms. The molecule has 0 aliphatic heterocycles. The number of amides is 1. The largest absolute Gasteiger partial charge is 0.372 e. The maximum atomic E-state index is 12.1. The summed E-state index contributed by atoms with van der Waals surface area (Å²) in [6.45, 7) is 6.03. The minimum absolute atomic E-state index is 0.0369. The lowest BCUT2D eigenvalue weighted by Crippen LogP contribution is -2.21. The number of carbonyl (C=O) groups is 1. The van der Waals surface area contributed by atoms with Crippen LogP contribution >= 0.6 is 0 Å². The third kappa shape index (κ3) is 4.06. The lowest BCUT2D eigenvalue weighted by atomic mass is 10.2. The second-order valence-electron chi connectivity index (χ2n) is 4.98. The van der Waals surface area contributed by atoms with Gasteiger partial charge in [0.1, 0.15) is 0 Å². The Morgan fingerprint density at radius 2 is 1.61 bits per heavy atom. The molecule has 120 valence electrons. The molecule has 0 heterocycles. The summed E-state index contributed by atoms with van der Waals surface area (Å²) in [4.78, 5) is 24.5. The highest BCUT2D eigenvalue weighted by Gasteiger charge is 2.10. The van der Waals surface area contributed by atoms with Crippen LogP contribution < -0.4 is 10.2 Å². The van der Waals surface area contributed by atoms with Gasteiger partial charge in [-0.2, -0.15) is 0 Å². The van der Waals surface area contributed by atoms with Crippen molar-refractivity contribution in [1.29, 1.82) is 0 Å². The average Bonchev–Trinajstić information content (AvgIpc) is 2.57. The van der Waals surface area contributed by atoms with E-state index in [-0.39, 0.29) is 11.6 Å². The highest BCUT2D eigenvalue weighted by molar-refractivity contribution is 6.04. The quantitative estimate of drug-likeness (QED) is 0.652. The molecule has 0 aliphatic rings. The van der Waals surface area contributed by atoms with E-state index in [9.17, 15) is 14.9 Å². The third-order valence-electron chi connectivity index (χ3n) is 3.59. The van der Waals surface area contributed by atoms with E-state index >= 15 is 0 Å². The van der Waals surface area contributed by atoms with Gasteiger partial charge in [0, 0.05) is 42.2 Å². The van der Waals surface area contributed by atoms with Crippen molar-refractivity contribution in [2.24, 2.45) is 0 Å². The summed E-state index contributed by atoms with van der Waals surface area (Å²) >= 11 is 0. The number of non-ortho nitro benzene ring substituents is 1. The van der Waals surface area contributed by atoms with Crippen molar-refractivity contribution in [1.82, 2.24) is 0 Å². The molecule has 1 N–H and O–H groups in total. The summed E-state index contributed by atoms with van der Waals surface area (Å²) in [5.41, 5.74) is 2.13. The highest BCUT2D eigenvalue weighted by Crippen LogP contribution is 2.19. The van der Waals surface area contributed by atoms with Crippen molar-refractivity contribution in [3.8, 4) is 0 Å². The van der Waals surface area contributed by atoms with Gasteiger partial charge < -0.3 is 10.2 Å². The van der Waals surface area contributed by atoms with Crippen LogP contribution in [0, 0.1) is 10.1 Å². The number of rotatable bonds is 6. The van der Waals surface area contributed by atoms with Gasteiger partial charge in [-0.3, -0.25) is 14.9 Å². The molecule has 0 bridgehead atoms. The summed E-state index contributed by atoms with van der Waals surface area (Å²) in [5, 5.41) is 13.4. The zero-order valence-corrected chi connectivity index (χ0v) is 13.2. The summed E-state index contributed by atoms with van der Waals surface area (Å²) in [7, 11) is 0. The average molecular weight is 313 g/mol. The number of hydrogen-bond acceptors (Lipinski definition) is 4. The molecular formula is C17H19N3O3. The molecule has 0 unspecified atom stereocenters. The summed E-state index contributed by atoms with van der Waals surface area (Å²) in [6, 6.07) is 13.1. The molecule has 0 saturated heterocycles. The minimum atomic E-state index is -0.492. The zero-order valence-electron chi connectivity index (χ0n) is 13.2. The van der Waals surface area contributed by atoms with Crippen LogP contribution in [0.5, 0.6) is 0 Å². The molecule has 0 aromatic heterocycles. The number of benzene rings is 2. The number of anilines is 2. The number of nitro groups is 1. The van der Waals surface area contributed by atoms with Crippen molar-refractivity contribution in [2.75, 3.05) is 23.3 Å². The predicted molar refractivity (Wildman–Crippen MR) is 91.1 cm³/mol. The van der Waals surface area contributed by atoms with E-state index in [0.29, 0.717) is 11.3 Å². The van der Waals surface area contributed by atoms with E-state index in [1.165, 1.54) is 24.3 Å². The molecule has 6 nitrogen and oxygen atoms in total. The lowest BCUT2D eigenvalue weighted by Gasteiger charge is -2.21. The minimum Gasteiger partial charge on any atom is -0.372 e. The normalized spacial score (nSPS) is 10.2. The first-order chi connectivity index (χ1) is 11.0. The Kier molecular flexibility index (Phi) is 5.30. The first-order valence-corrected chi connectivity index (χ1v) is 7.46. The smallest absolute Gasteiger partial charge is 0.269 e. The van der Waals surface area contributed by atoms with Gasteiger partial charge in [0.05, 0.1) is 4.92 Å². The van der Waals surface area contributed by atoms with E-state index in [1.54, 1.807) is 0 Å². The second kappa shape index (κ2) is 7.40. The molecule has 2 aromatic carbocycles. The summed E-state index contributed by atoms with van der Waals surface area (Å²) in [5.74, 6) is -0.296. The Bertz CT molecular complexity index is 677. The molecule has 2 aromatic rings. The van der Waals surface area contributed by atoms with Crippen LogP contribution in [0.3, 0.4) is 0 Å². The SMILES string of the molecule is CCN(CC)c1ccc(NC(=O)c2ccc([N+](=O)[O-])cc2)cc1. The van der Waals surface area contributed by atoms with Crippen LogP contribution in [0.25, 0.3) is 0 Å². The Morgan fingerprint density at radius 3 is 2.09 bits per heavy atom. The van der Waals surface area contributed by atoms with Crippen molar-refractivity contribution < 1.29 is 9.72 Å². The molecule has 0 aliphatic carbocycles. The standard InChI is InChI=1S/C17H19N3O3/c1-3-19(4-2)15-11-7-14(8-12-15)18-17(21)13-5-9-16(10-6-13)20(22)23/h5-12H,3-4H2,1-2H3,(H,18,21). The van der Waals surface area contributed by atoms with Crippen LogP contribution in [0.1, 0.15) is 24.2 Å². The molecule has 6 heteroatoms. The fourth-order valence-corrected chi connectivity index (χ4v) is 2.28. The molecule has 0 fully saturated rings. The molecule has 23 heavy (non-hydrogen) atoms. The van der Waals surface area contributed by atoms with Gasteiger partial charge in [-0.1, -0.05) is 0 Å². The monoisotopic (exact) mass is 313 g/mol. The van der Waals surface area contributed by atoms with E-state index in [1.807, 2.05) is 24.3 Å². The number of hydrogen-bond donors (Lipinski definition) is 1. The first-order valence-electron chi connectivity index (χ1n) is 7.46. The van der Waals surface area contributed by atoms with E-state index in [2.05, 4.69) is 24.1 Å². The van der Waals surface area contributed by atoms with Crippen LogP contribution in [0.2, 0.25) is 0 Å². The van der Waals surface area contributed by atoms with E-state index < -0.39 is 4.92 Å². The lowest BCUT2D eigenvalue weighted by molar-refractivity contribution is -0.384. The fraction of sp³-hybridized carbons (Fsp3) is 0.235. The molecule has 2 rings (SSSR count). The van der Waals surface area contributed by atoms with Crippen molar-refractivity contribution in [2.45, 2.75) is 13.8 Å². The summed E-state index contributed by atoms with van der Waals surface area (Å²) < 4.78 is 0. The van der Waals surface area contributed by atoms with Crippen molar-refractivity contribution in [3.05, 3.63) is 64.2 Å². The first kappa shape index (κ1) is 16.5. The van der Waals surface area contributed by atoms with E-state index in [4.69, 9.17) is 0 Å². The number of nitro benzene ring substituents is 1. The van der Waals surface area contributed by atoms with Crippen LogP contribution in [0.4, 0.5) is 17.1 Å². The molecular weight excluding hydrogens is 294 g/mol. The number of carbonyl (C=O) groups excluding carboxylic acids is 1. The van der Waals surface area contributed by atoms with Gasteiger partial charge in [0.25, 0.3) is 11.6 Å². The van der Waals surface area contributed by atoms with Gasteiger partial charge >= 0.3 is 0 Å². The van der Waals surface area contributed by atoms with Gasteiger partial charge in [-0.25, -0.2) is 0 Å². The molecule has 0 saturated carbocycles.